The summed E-state index contributed by atoms with van der Waals surface area (Å²) in [6.07, 6.45) is -0.420. The number of aliphatic carboxylic acids is 1. The second-order valence-electron chi connectivity index (χ2n) is 2.89. The minimum absolute atomic E-state index is 0.215. The molecule has 0 saturated carbocycles. The fraction of sp³-hybridized carbons (Fsp3) is 0.750. The van der Waals surface area contributed by atoms with E-state index < -0.39 is 18.0 Å². The number of ether oxygens (including phenoxy) is 1. The van der Waals surface area contributed by atoms with Gasteiger partial charge >= 0.3 is 5.97 Å². The van der Waals surface area contributed by atoms with Crippen molar-refractivity contribution in [1.82, 2.24) is 0 Å². The molecular formula is C8H14BrNO4. The van der Waals surface area contributed by atoms with Gasteiger partial charge in [-0.1, -0.05) is 15.9 Å². The predicted octanol–water partition coefficient (Wildman–Crippen LogP) is 0.363. The molecule has 0 saturated heterocycles. The van der Waals surface area contributed by atoms with Gasteiger partial charge in [0.25, 0.3) is 0 Å². The molecule has 0 aliphatic carbocycles. The molecule has 0 radical (unpaired) electrons. The summed E-state index contributed by atoms with van der Waals surface area (Å²) in [5.41, 5.74) is 5.08. The third-order valence-corrected chi connectivity index (χ3v) is 2.55. The standard InChI is InChI=1S/C8H14BrNO4/c1-5(8(12)13)14-3-2-6(4-9)7(10)11/h5-6H,2-4H2,1H3,(H2,10,11)(H,12,13). The maximum absolute atomic E-state index is 10.8. The van der Waals surface area contributed by atoms with Gasteiger partial charge in [-0.2, -0.15) is 0 Å². The molecule has 0 aromatic heterocycles. The first-order valence-electron chi connectivity index (χ1n) is 4.18. The number of hydrogen-bond acceptors (Lipinski definition) is 3. The van der Waals surface area contributed by atoms with Crippen LogP contribution in [-0.2, 0) is 14.3 Å². The third-order valence-electron chi connectivity index (χ3n) is 1.77. The molecular weight excluding hydrogens is 254 g/mol. The SMILES string of the molecule is CC(OCCC(CBr)C(N)=O)C(=O)O. The summed E-state index contributed by atoms with van der Waals surface area (Å²) in [4.78, 5) is 21.1. The highest BCUT2D eigenvalue weighted by Gasteiger charge is 2.16. The Labute approximate surface area is 90.7 Å². The van der Waals surface area contributed by atoms with Gasteiger partial charge in [-0.15, -0.1) is 0 Å². The minimum Gasteiger partial charge on any atom is -0.479 e. The molecule has 0 fully saturated rings. The monoisotopic (exact) mass is 267 g/mol. The number of hydrogen-bond donors (Lipinski definition) is 2. The first-order chi connectivity index (χ1) is 6.49. The maximum Gasteiger partial charge on any atom is 0.332 e. The van der Waals surface area contributed by atoms with E-state index in [9.17, 15) is 9.59 Å². The molecule has 14 heavy (non-hydrogen) atoms. The van der Waals surface area contributed by atoms with Crippen LogP contribution in [0.1, 0.15) is 13.3 Å². The van der Waals surface area contributed by atoms with Crippen LogP contribution in [0.3, 0.4) is 0 Å². The van der Waals surface area contributed by atoms with Gasteiger partial charge in [0, 0.05) is 17.9 Å². The Bertz CT molecular complexity index is 210. The lowest BCUT2D eigenvalue weighted by atomic mass is 10.1. The van der Waals surface area contributed by atoms with Gasteiger partial charge in [0.15, 0.2) is 6.10 Å². The maximum atomic E-state index is 10.8. The molecule has 0 rings (SSSR count). The Balaban J connectivity index is 3.71. The van der Waals surface area contributed by atoms with Gasteiger partial charge in [0.2, 0.25) is 5.91 Å². The second-order valence-corrected chi connectivity index (χ2v) is 3.54. The van der Waals surface area contributed by atoms with E-state index in [1.54, 1.807) is 0 Å². The van der Waals surface area contributed by atoms with Crippen molar-refractivity contribution >= 4 is 27.8 Å². The highest BCUT2D eigenvalue weighted by atomic mass is 79.9. The van der Waals surface area contributed by atoms with E-state index in [-0.39, 0.29) is 12.5 Å². The fourth-order valence-corrected chi connectivity index (χ4v) is 1.40. The van der Waals surface area contributed by atoms with Crippen molar-refractivity contribution < 1.29 is 19.4 Å². The third kappa shape index (κ3) is 5.18. The van der Waals surface area contributed by atoms with Crippen LogP contribution in [0.4, 0.5) is 0 Å². The zero-order valence-electron chi connectivity index (χ0n) is 7.90. The van der Waals surface area contributed by atoms with Crippen molar-refractivity contribution in [3.63, 3.8) is 0 Å². The molecule has 1 amide bonds. The van der Waals surface area contributed by atoms with E-state index in [2.05, 4.69) is 15.9 Å². The van der Waals surface area contributed by atoms with E-state index in [1.165, 1.54) is 6.92 Å². The van der Waals surface area contributed by atoms with Gasteiger partial charge in [-0.3, -0.25) is 4.79 Å². The molecule has 82 valence electrons. The van der Waals surface area contributed by atoms with Crippen molar-refractivity contribution in [2.75, 3.05) is 11.9 Å². The van der Waals surface area contributed by atoms with Crippen LogP contribution in [0, 0.1) is 5.92 Å². The normalized spacial score (nSPS) is 14.7. The Hall–Kier alpha value is -0.620. The minimum atomic E-state index is -1.01. The summed E-state index contributed by atoms with van der Waals surface area (Å²) in [7, 11) is 0. The lowest BCUT2D eigenvalue weighted by molar-refractivity contribution is -0.149. The Morgan fingerprint density at radius 3 is 2.50 bits per heavy atom. The molecule has 0 aliphatic rings. The number of rotatable bonds is 7. The number of carbonyl (C=O) groups excluding carboxylic acids is 1. The number of nitrogens with two attached hydrogens (primary N) is 1. The van der Waals surface area contributed by atoms with Gasteiger partial charge in [0.1, 0.15) is 0 Å². The van der Waals surface area contributed by atoms with E-state index in [1.807, 2.05) is 0 Å². The van der Waals surface area contributed by atoms with E-state index >= 15 is 0 Å². The van der Waals surface area contributed by atoms with Gasteiger partial charge in [-0.05, 0) is 13.3 Å². The van der Waals surface area contributed by atoms with Crippen LogP contribution in [0.2, 0.25) is 0 Å². The zero-order valence-corrected chi connectivity index (χ0v) is 9.49. The number of carboxylic acids is 1. The molecule has 6 heteroatoms. The van der Waals surface area contributed by atoms with Crippen LogP contribution in [0.25, 0.3) is 0 Å². The Morgan fingerprint density at radius 2 is 2.14 bits per heavy atom. The van der Waals surface area contributed by atoms with Crippen molar-refractivity contribution in [2.45, 2.75) is 19.4 Å². The fourth-order valence-electron chi connectivity index (χ4n) is 0.754. The van der Waals surface area contributed by atoms with Crippen LogP contribution >= 0.6 is 15.9 Å². The molecule has 0 aromatic carbocycles. The number of halogens is 1. The summed E-state index contributed by atoms with van der Waals surface area (Å²) in [5, 5.41) is 8.95. The second kappa shape index (κ2) is 6.78. The largest absolute Gasteiger partial charge is 0.479 e. The molecule has 5 nitrogen and oxygen atoms in total. The molecule has 2 unspecified atom stereocenters. The summed E-state index contributed by atoms with van der Waals surface area (Å²) >= 11 is 3.14. The van der Waals surface area contributed by atoms with Crippen LogP contribution < -0.4 is 5.73 Å². The summed E-state index contributed by atoms with van der Waals surface area (Å²) in [6, 6.07) is 0. The first kappa shape index (κ1) is 13.4. The zero-order chi connectivity index (χ0) is 11.1. The van der Waals surface area contributed by atoms with Crippen molar-refractivity contribution in [3.05, 3.63) is 0 Å². The van der Waals surface area contributed by atoms with Gasteiger partial charge in [0.05, 0.1) is 0 Å². The van der Waals surface area contributed by atoms with E-state index in [4.69, 9.17) is 15.6 Å². The summed E-state index contributed by atoms with van der Waals surface area (Å²) < 4.78 is 4.96. The molecule has 2 atom stereocenters. The van der Waals surface area contributed by atoms with E-state index in [0.717, 1.165) is 0 Å². The van der Waals surface area contributed by atoms with Gasteiger partial charge in [-0.25, -0.2) is 4.79 Å². The number of amides is 1. The van der Waals surface area contributed by atoms with Crippen LogP contribution in [0.15, 0.2) is 0 Å². The van der Waals surface area contributed by atoms with Gasteiger partial charge < -0.3 is 15.6 Å². The summed E-state index contributed by atoms with van der Waals surface area (Å²) in [6.45, 7) is 1.66. The molecule has 0 heterocycles. The van der Waals surface area contributed by atoms with E-state index in [0.29, 0.717) is 11.8 Å². The smallest absolute Gasteiger partial charge is 0.332 e. The molecule has 0 aromatic rings. The predicted molar refractivity (Wildman–Crippen MR) is 54.1 cm³/mol. The number of alkyl halides is 1. The average Bonchev–Trinajstić information content (AvgIpc) is 2.11. The molecule has 0 bridgehead atoms. The molecule has 0 aliphatic heterocycles. The highest BCUT2D eigenvalue weighted by molar-refractivity contribution is 9.09. The molecule has 3 N–H and O–H groups in total. The Kier molecular flexibility index (Phi) is 6.48. The van der Waals surface area contributed by atoms with Crippen molar-refractivity contribution in [3.8, 4) is 0 Å². The lowest BCUT2D eigenvalue weighted by Gasteiger charge is -2.12. The average molecular weight is 268 g/mol. The quantitative estimate of drug-likeness (QED) is 0.652. The lowest BCUT2D eigenvalue weighted by Crippen LogP contribution is -2.27. The molecule has 0 spiro atoms. The first-order valence-corrected chi connectivity index (χ1v) is 5.30. The van der Waals surface area contributed by atoms with Crippen molar-refractivity contribution in [2.24, 2.45) is 11.7 Å². The number of carboxylic acid groups (broad SMARTS) is 1. The van der Waals surface area contributed by atoms with Crippen molar-refractivity contribution in [1.29, 1.82) is 0 Å². The van der Waals surface area contributed by atoms with Crippen LogP contribution in [-0.4, -0.2) is 35.0 Å². The topological polar surface area (TPSA) is 89.6 Å². The number of carbonyl (C=O) groups is 2. The number of primary amides is 1. The Morgan fingerprint density at radius 1 is 1.57 bits per heavy atom. The highest BCUT2D eigenvalue weighted by Crippen LogP contribution is 2.07. The summed E-state index contributed by atoms with van der Waals surface area (Å²) in [5.74, 6) is -1.73. The van der Waals surface area contributed by atoms with Crippen LogP contribution in [0.5, 0.6) is 0 Å².